The third-order valence-corrected chi connectivity index (χ3v) is 9.62. The van der Waals surface area contributed by atoms with Crippen LogP contribution in [0.4, 0.5) is 0 Å². The Balaban J connectivity index is 1.33. The Hall–Kier alpha value is -3.04. The van der Waals surface area contributed by atoms with Crippen molar-refractivity contribution in [3.63, 3.8) is 0 Å². The standard InChI is InChI=1S/C30H33NO6S2/c1-18-12-21(36-10-5-11-39(3,34)35)13-19(2)30(18)24-7-4-6-23-22(24)8-9-26(23)37-28-15-27-25(16-31-28)20(17-38-27)14-29(32)33/h4,6-7,12-13,15-16,20,26H,5,8-11,14,17H2,1-3H3,(H,32,33). The number of nitrogens with zero attached hydrogens (tertiary/aromatic N) is 1. The number of hydrogen-bond donors (Lipinski definition) is 1. The van der Waals surface area contributed by atoms with Crippen LogP contribution in [0.1, 0.15) is 59.1 Å². The summed E-state index contributed by atoms with van der Waals surface area (Å²) in [4.78, 5) is 16.8. The zero-order chi connectivity index (χ0) is 27.7. The Morgan fingerprint density at radius 1 is 1.15 bits per heavy atom. The van der Waals surface area contributed by atoms with Crippen LogP contribution in [0.3, 0.4) is 0 Å². The molecule has 1 aromatic heterocycles. The number of ether oxygens (including phenoxy) is 2. The smallest absolute Gasteiger partial charge is 0.303 e. The molecule has 2 unspecified atom stereocenters. The number of benzene rings is 2. The zero-order valence-electron chi connectivity index (χ0n) is 22.4. The largest absolute Gasteiger partial charge is 0.494 e. The van der Waals surface area contributed by atoms with Crippen LogP contribution < -0.4 is 9.47 Å². The average molecular weight is 568 g/mol. The minimum atomic E-state index is -2.99. The molecule has 3 aromatic rings. The maximum absolute atomic E-state index is 11.4. The van der Waals surface area contributed by atoms with Crippen molar-refractivity contribution in [1.29, 1.82) is 0 Å². The van der Waals surface area contributed by atoms with Crippen LogP contribution in [0, 0.1) is 13.8 Å². The number of carboxylic acids is 1. The molecular formula is C30H33NO6S2. The molecule has 1 aliphatic heterocycles. The van der Waals surface area contributed by atoms with Gasteiger partial charge in [-0.2, -0.15) is 0 Å². The molecule has 0 bridgehead atoms. The zero-order valence-corrected chi connectivity index (χ0v) is 24.0. The first kappa shape index (κ1) is 27.5. The van der Waals surface area contributed by atoms with Crippen molar-refractivity contribution < 1.29 is 27.8 Å². The maximum Gasteiger partial charge on any atom is 0.303 e. The Kier molecular flexibility index (Phi) is 7.91. The first-order valence-electron chi connectivity index (χ1n) is 13.1. The van der Waals surface area contributed by atoms with Gasteiger partial charge < -0.3 is 14.6 Å². The summed E-state index contributed by atoms with van der Waals surface area (Å²) in [6.07, 6.45) is 5.28. The minimum Gasteiger partial charge on any atom is -0.494 e. The molecule has 0 spiro atoms. The molecule has 0 saturated heterocycles. The van der Waals surface area contributed by atoms with Crippen LogP contribution in [0.15, 0.2) is 47.5 Å². The number of carboxylic acid groups (broad SMARTS) is 1. The van der Waals surface area contributed by atoms with Crippen molar-refractivity contribution in [2.45, 2.75) is 56.4 Å². The van der Waals surface area contributed by atoms with E-state index < -0.39 is 15.8 Å². The van der Waals surface area contributed by atoms with Crippen molar-refractivity contribution in [2.24, 2.45) is 0 Å². The summed E-state index contributed by atoms with van der Waals surface area (Å²) in [6, 6.07) is 12.4. The molecule has 7 nitrogen and oxygen atoms in total. The van der Waals surface area contributed by atoms with Crippen LogP contribution in [0.25, 0.3) is 11.1 Å². The number of aryl methyl sites for hydroxylation is 2. The number of aliphatic carboxylic acids is 1. The molecule has 0 fully saturated rings. The fourth-order valence-electron chi connectivity index (χ4n) is 5.65. The van der Waals surface area contributed by atoms with Gasteiger partial charge in [-0.3, -0.25) is 4.79 Å². The second kappa shape index (κ2) is 11.2. The number of aromatic nitrogens is 1. The summed E-state index contributed by atoms with van der Waals surface area (Å²) >= 11 is 1.67. The fourth-order valence-corrected chi connectivity index (χ4v) is 7.54. The quantitative estimate of drug-likeness (QED) is 0.302. The molecule has 0 radical (unpaired) electrons. The predicted octanol–water partition coefficient (Wildman–Crippen LogP) is 5.91. The third-order valence-electron chi connectivity index (χ3n) is 7.35. The molecule has 2 aromatic carbocycles. The average Bonchev–Trinajstić information content (AvgIpc) is 3.45. The summed E-state index contributed by atoms with van der Waals surface area (Å²) in [6.45, 7) is 4.52. The first-order valence-corrected chi connectivity index (χ1v) is 16.2. The van der Waals surface area contributed by atoms with Crippen molar-refractivity contribution in [2.75, 3.05) is 24.4 Å². The van der Waals surface area contributed by atoms with Gasteiger partial charge >= 0.3 is 5.97 Å². The number of sulfone groups is 1. The summed E-state index contributed by atoms with van der Waals surface area (Å²) < 4.78 is 35.0. The second-order valence-electron chi connectivity index (χ2n) is 10.4. The van der Waals surface area contributed by atoms with Gasteiger partial charge in [-0.15, -0.1) is 11.8 Å². The van der Waals surface area contributed by atoms with E-state index in [9.17, 15) is 18.3 Å². The lowest BCUT2D eigenvalue weighted by molar-refractivity contribution is -0.137. The summed E-state index contributed by atoms with van der Waals surface area (Å²) in [5.74, 6) is 1.41. The summed E-state index contributed by atoms with van der Waals surface area (Å²) in [7, 11) is -2.99. The molecular weight excluding hydrogens is 534 g/mol. The topological polar surface area (TPSA) is 103 Å². The Morgan fingerprint density at radius 3 is 2.64 bits per heavy atom. The van der Waals surface area contributed by atoms with Crippen molar-refractivity contribution in [1.82, 2.24) is 4.98 Å². The minimum absolute atomic E-state index is 0.00503. The van der Waals surface area contributed by atoms with E-state index in [1.165, 1.54) is 28.5 Å². The van der Waals surface area contributed by atoms with Gasteiger partial charge in [0.05, 0.1) is 18.8 Å². The molecule has 2 aliphatic rings. The number of carbonyl (C=O) groups is 1. The van der Waals surface area contributed by atoms with Crippen molar-refractivity contribution in [3.05, 3.63) is 70.4 Å². The number of thioether (sulfide) groups is 1. The number of rotatable bonds is 10. The maximum atomic E-state index is 11.4. The molecule has 39 heavy (non-hydrogen) atoms. The Bertz CT molecular complexity index is 1490. The van der Waals surface area contributed by atoms with E-state index in [1.54, 1.807) is 18.0 Å². The van der Waals surface area contributed by atoms with Crippen molar-refractivity contribution >= 4 is 27.6 Å². The van der Waals surface area contributed by atoms with Gasteiger partial charge in [-0.25, -0.2) is 13.4 Å². The van der Waals surface area contributed by atoms with E-state index in [0.29, 0.717) is 18.9 Å². The summed E-state index contributed by atoms with van der Waals surface area (Å²) in [5.41, 5.74) is 8.06. The van der Waals surface area contributed by atoms with Crippen LogP contribution >= 0.6 is 11.8 Å². The molecule has 2 heterocycles. The predicted molar refractivity (Wildman–Crippen MR) is 153 cm³/mol. The van der Waals surface area contributed by atoms with E-state index in [0.717, 1.165) is 45.9 Å². The van der Waals surface area contributed by atoms with E-state index >= 15 is 0 Å². The SMILES string of the molecule is Cc1cc(OCCCS(C)(=O)=O)cc(C)c1-c1cccc2c1CCC2Oc1cc2c(cn1)C(CC(=O)O)CS2. The van der Waals surface area contributed by atoms with E-state index in [-0.39, 0.29) is 24.2 Å². The van der Waals surface area contributed by atoms with E-state index in [4.69, 9.17) is 9.47 Å². The Labute approximate surface area is 233 Å². The molecule has 0 saturated carbocycles. The lowest BCUT2D eigenvalue weighted by Crippen LogP contribution is -2.08. The van der Waals surface area contributed by atoms with Gasteiger partial charge in [0, 0.05) is 35.1 Å². The molecule has 0 amide bonds. The van der Waals surface area contributed by atoms with E-state index in [2.05, 4.69) is 37.0 Å². The van der Waals surface area contributed by atoms with Crippen molar-refractivity contribution in [3.8, 4) is 22.8 Å². The van der Waals surface area contributed by atoms with Gasteiger partial charge in [0.2, 0.25) is 5.88 Å². The molecule has 9 heteroatoms. The monoisotopic (exact) mass is 567 g/mol. The highest BCUT2D eigenvalue weighted by molar-refractivity contribution is 7.99. The molecule has 1 aliphatic carbocycles. The number of fused-ring (bicyclic) bond motifs is 2. The highest BCUT2D eigenvalue weighted by Crippen LogP contribution is 2.45. The van der Waals surface area contributed by atoms with Crippen LogP contribution in [-0.2, 0) is 21.1 Å². The van der Waals surface area contributed by atoms with E-state index in [1.807, 2.05) is 18.2 Å². The van der Waals surface area contributed by atoms with Gasteiger partial charge in [-0.1, -0.05) is 18.2 Å². The molecule has 1 N–H and O–H groups in total. The second-order valence-corrected chi connectivity index (χ2v) is 13.8. The van der Waals surface area contributed by atoms with Gasteiger partial charge in [0.15, 0.2) is 0 Å². The molecule has 206 valence electrons. The Morgan fingerprint density at radius 2 is 1.92 bits per heavy atom. The number of hydrogen-bond acceptors (Lipinski definition) is 7. The van der Waals surface area contributed by atoms with Crippen LogP contribution in [0.5, 0.6) is 11.6 Å². The molecule has 5 rings (SSSR count). The van der Waals surface area contributed by atoms with Gasteiger partial charge in [-0.05, 0) is 84.2 Å². The van der Waals surface area contributed by atoms with Gasteiger partial charge in [0.1, 0.15) is 21.7 Å². The lowest BCUT2D eigenvalue weighted by atomic mass is 9.90. The summed E-state index contributed by atoms with van der Waals surface area (Å²) in [5, 5.41) is 9.18. The third kappa shape index (κ3) is 6.25. The number of pyridine rings is 1. The first-order chi connectivity index (χ1) is 18.6. The lowest BCUT2D eigenvalue weighted by Gasteiger charge is -2.18. The highest BCUT2D eigenvalue weighted by atomic mass is 32.2. The normalized spacial score (nSPS) is 18.0. The van der Waals surface area contributed by atoms with Gasteiger partial charge in [0.25, 0.3) is 0 Å². The van der Waals surface area contributed by atoms with Crippen LogP contribution in [-0.4, -0.2) is 48.8 Å². The molecule has 2 atom stereocenters. The highest BCUT2D eigenvalue weighted by Gasteiger charge is 2.30. The fraction of sp³-hybridized carbons (Fsp3) is 0.400. The van der Waals surface area contributed by atoms with Crippen LogP contribution in [0.2, 0.25) is 0 Å².